The van der Waals surface area contributed by atoms with Crippen LogP contribution in [0.3, 0.4) is 0 Å². The molecule has 2 rings (SSSR count). The van der Waals surface area contributed by atoms with Gasteiger partial charge in [-0.05, 0) is 34.6 Å². The van der Waals surface area contributed by atoms with Crippen LogP contribution in [-0.2, 0) is 11.3 Å². The molecule has 27 heavy (non-hydrogen) atoms. The van der Waals surface area contributed by atoms with Crippen LogP contribution in [0.15, 0.2) is 24.3 Å². The van der Waals surface area contributed by atoms with Gasteiger partial charge in [0.25, 0.3) is 11.3 Å². The van der Waals surface area contributed by atoms with E-state index in [2.05, 4.69) is 50.6 Å². The van der Waals surface area contributed by atoms with Crippen molar-refractivity contribution in [3.05, 3.63) is 56.6 Å². The summed E-state index contributed by atoms with van der Waals surface area (Å²) in [4.78, 5) is 0. The number of aromatic hydroxyl groups is 1. The van der Waals surface area contributed by atoms with Crippen molar-refractivity contribution in [2.24, 2.45) is 0 Å². The predicted octanol–water partition coefficient (Wildman–Crippen LogP) is 6.65. The van der Waals surface area contributed by atoms with Gasteiger partial charge in [-0.15, -0.1) is 0 Å². The second kappa shape index (κ2) is 8.82. The number of halogens is 2. The summed E-state index contributed by atoms with van der Waals surface area (Å²) in [6.07, 6.45) is 0. The fraction of sp³-hybridized carbons (Fsp3) is 0.400. The highest BCUT2D eigenvalue weighted by atomic mass is 35.5. The molecular formula is C20H25Cl2NO3S. The molecule has 2 atom stereocenters. The predicted molar refractivity (Wildman–Crippen MR) is 115 cm³/mol. The molecule has 2 unspecified atom stereocenters. The molecule has 7 heteroatoms. The second-order valence-electron chi connectivity index (χ2n) is 7.30. The Labute approximate surface area is 173 Å². The third kappa shape index (κ3) is 4.96. The number of phenols is 1. The summed E-state index contributed by atoms with van der Waals surface area (Å²) in [5, 5.41) is 10.3. The Morgan fingerprint density at radius 2 is 1.41 bits per heavy atom. The molecule has 0 saturated heterocycles. The topological polar surface area (TPSA) is 69.6 Å². The molecule has 4 nitrogen and oxygen atoms in total. The van der Waals surface area contributed by atoms with E-state index in [0.29, 0.717) is 23.1 Å². The number of benzene rings is 2. The van der Waals surface area contributed by atoms with Crippen molar-refractivity contribution in [2.75, 3.05) is 4.72 Å². The van der Waals surface area contributed by atoms with Crippen molar-refractivity contribution in [3.8, 4) is 5.75 Å². The molecule has 0 spiro atoms. The van der Waals surface area contributed by atoms with Crippen LogP contribution in [0.2, 0.25) is 10.0 Å². The molecule has 0 aliphatic carbocycles. The highest BCUT2D eigenvalue weighted by Crippen LogP contribution is 2.45. The summed E-state index contributed by atoms with van der Waals surface area (Å²) in [5.41, 5.74) is 4.27. The summed E-state index contributed by atoms with van der Waals surface area (Å²) in [6, 6.07) is 7.85. The van der Waals surface area contributed by atoms with Crippen LogP contribution in [0.25, 0.3) is 0 Å². The minimum absolute atomic E-state index is 0.0164. The van der Waals surface area contributed by atoms with Gasteiger partial charge in [-0.3, -0.25) is 9.27 Å². The maximum absolute atomic E-state index is 11.3. The summed E-state index contributed by atoms with van der Waals surface area (Å²) < 4.78 is 23.1. The zero-order valence-electron chi connectivity index (χ0n) is 16.0. The largest absolute Gasteiger partial charge is 0.505 e. The lowest BCUT2D eigenvalue weighted by Crippen LogP contribution is -2.09. The zero-order chi connectivity index (χ0) is 20.5. The third-order valence-electron chi connectivity index (χ3n) is 4.70. The normalized spacial score (nSPS) is 13.9. The maximum atomic E-state index is 11.3. The Morgan fingerprint density at radius 3 is 1.85 bits per heavy atom. The Hall–Kier alpha value is -1.27. The van der Waals surface area contributed by atoms with Gasteiger partial charge < -0.3 is 5.11 Å². The molecule has 0 aliphatic heterocycles. The molecule has 148 valence electrons. The minimum atomic E-state index is -2.30. The number of hydrogen-bond acceptors (Lipinski definition) is 2. The number of rotatable bonds is 6. The first kappa shape index (κ1) is 22.0. The van der Waals surface area contributed by atoms with Gasteiger partial charge >= 0.3 is 0 Å². The molecule has 0 bridgehead atoms. The van der Waals surface area contributed by atoms with Gasteiger partial charge in [0.2, 0.25) is 0 Å². The van der Waals surface area contributed by atoms with Crippen molar-refractivity contribution in [3.63, 3.8) is 0 Å². The number of nitrogens with one attached hydrogen (secondary N) is 1. The van der Waals surface area contributed by atoms with E-state index in [1.807, 2.05) is 6.92 Å². The summed E-state index contributed by atoms with van der Waals surface area (Å²) in [7, 11) is 0. The minimum Gasteiger partial charge on any atom is -0.505 e. The lowest BCUT2D eigenvalue weighted by Gasteiger charge is -2.22. The average molecular weight is 430 g/mol. The Balaban J connectivity index is 2.68. The number of anilines is 1. The van der Waals surface area contributed by atoms with Crippen molar-refractivity contribution >= 4 is 40.2 Å². The Morgan fingerprint density at radius 1 is 0.926 bits per heavy atom. The van der Waals surface area contributed by atoms with Gasteiger partial charge in [-0.1, -0.05) is 76.0 Å². The molecule has 2 aromatic carbocycles. The van der Waals surface area contributed by atoms with Crippen molar-refractivity contribution in [1.82, 2.24) is 0 Å². The summed E-state index contributed by atoms with van der Waals surface area (Å²) in [5.74, 6) is 0.235. The first-order chi connectivity index (χ1) is 12.5. The monoisotopic (exact) mass is 429 g/mol. The van der Waals surface area contributed by atoms with Crippen LogP contribution in [0, 0.1) is 0 Å². The van der Waals surface area contributed by atoms with E-state index in [4.69, 9.17) is 23.2 Å². The zero-order valence-corrected chi connectivity index (χ0v) is 18.3. The maximum Gasteiger partial charge on any atom is 0.259 e. The quantitative estimate of drug-likeness (QED) is 0.355. The first-order valence-electron chi connectivity index (χ1n) is 8.76. The highest BCUT2D eigenvalue weighted by molar-refractivity contribution is 7.80. The Bertz CT molecular complexity index is 843. The number of phenolic OH excluding ortho intramolecular Hbond substituents is 1. The van der Waals surface area contributed by atoms with E-state index in [1.165, 1.54) is 17.2 Å². The van der Waals surface area contributed by atoms with Crippen LogP contribution in [0.4, 0.5) is 5.69 Å². The molecule has 0 amide bonds. The van der Waals surface area contributed by atoms with E-state index >= 15 is 0 Å². The summed E-state index contributed by atoms with van der Waals surface area (Å²) >= 11 is 10.1. The second-order valence-corrected chi connectivity index (χ2v) is 8.79. The molecule has 0 aromatic heterocycles. The fourth-order valence-corrected chi connectivity index (χ4v) is 3.99. The van der Waals surface area contributed by atoms with Crippen LogP contribution in [-0.4, -0.2) is 13.9 Å². The molecule has 2 aromatic rings. The molecule has 3 N–H and O–H groups in total. The van der Waals surface area contributed by atoms with Gasteiger partial charge in [0.1, 0.15) is 0 Å². The van der Waals surface area contributed by atoms with E-state index in [-0.39, 0.29) is 21.7 Å². The molecular weight excluding hydrogens is 405 g/mol. The van der Waals surface area contributed by atoms with Crippen LogP contribution in [0.5, 0.6) is 5.75 Å². The molecule has 0 saturated carbocycles. The van der Waals surface area contributed by atoms with Gasteiger partial charge in [0.05, 0.1) is 15.7 Å². The van der Waals surface area contributed by atoms with Crippen LogP contribution >= 0.6 is 23.2 Å². The molecule has 0 fully saturated rings. The van der Waals surface area contributed by atoms with Crippen LogP contribution < -0.4 is 4.72 Å². The summed E-state index contributed by atoms with van der Waals surface area (Å²) in [6.45, 7) is 10.5. The fourth-order valence-electron chi connectivity index (χ4n) is 3.01. The van der Waals surface area contributed by atoms with Crippen LogP contribution in [0.1, 0.15) is 74.6 Å². The van der Waals surface area contributed by atoms with E-state index < -0.39 is 11.3 Å². The van der Waals surface area contributed by atoms with Crippen molar-refractivity contribution < 1.29 is 13.9 Å². The average Bonchev–Trinajstić information content (AvgIpc) is 2.58. The third-order valence-corrected chi connectivity index (χ3v) is 5.76. The van der Waals surface area contributed by atoms with Crippen molar-refractivity contribution in [2.45, 2.75) is 52.4 Å². The molecule has 0 radical (unpaired) electrons. The lowest BCUT2D eigenvalue weighted by atomic mass is 9.85. The number of hydrogen-bond donors (Lipinski definition) is 3. The molecule has 0 aliphatic rings. The smallest absolute Gasteiger partial charge is 0.259 e. The van der Waals surface area contributed by atoms with E-state index in [1.54, 1.807) is 0 Å². The van der Waals surface area contributed by atoms with Gasteiger partial charge in [-0.25, -0.2) is 4.21 Å². The standard InChI is InChI=1S/C20H25Cl2NO3S/c1-10(2)13-6-14(11(3)4)8-15(7-13)12(5)18-17(23-27(25)26)9-16(21)20(24)19(18)22/h6-12,23-24H,1-5H3,(H,25,26). The van der Waals surface area contributed by atoms with Gasteiger partial charge in [0.15, 0.2) is 5.75 Å². The first-order valence-corrected chi connectivity index (χ1v) is 10.6. The SMILES string of the molecule is CC(C)c1cc(C(C)C)cc(C(C)c2c(NS(=O)O)cc(Cl)c(O)c2Cl)c1. The van der Waals surface area contributed by atoms with E-state index in [0.717, 1.165) is 5.56 Å². The van der Waals surface area contributed by atoms with E-state index in [9.17, 15) is 13.9 Å². The highest BCUT2D eigenvalue weighted by Gasteiger charge is 2.23. The lowest BCUT2D eigenvalue weighted by molar-refractivity contribution is 0.475. The van der Waals surface area contributed by atoms with Gasteiger partial charge in [0, 0.05) is 11.5 Å². The van der Waals surface area contributed by atoms with Gasteiger partial charge in [-0.2, -0.15) is 0 Å². The molecule has 0 heterocycles. The Kier molecular flexibility index (Phi) is 7.20. The van der Waals surface area contributed by atoms with Crippen molar-refractivity contribution in [1.29, 1.82) is 0 Å².